The number of anilines is 1. The van der Waals surface area contributed by atoms with Crippen molar-refractivity contribution in [3.8, 4) is 0 Å². The van der Waals surface area contributed by atoms with E-state index in [2.05, 4.69) is 10.5 Å². The summed E-state index contributed by atoms with van der Waals surface area (Å²) in [6.07, 6.45) is 2.16. The summed E-state index contributed by atoms with van der Waals surface area (Å²) in [7, 11) is 0. The summed E-state index contributed by atoms with van der Waals surface area (Å²) < 4.78 is 9.75. The molecule has 2 rings (SSSR count). The minimum Gasteiger partial charge on any atom is -0.462 e. The molecule has 6 nitrogen and oxygen atoms in total. The topological polar surface area (TPSA) is 81.4 Å². The molecule has 2 aromatic rings. The lowest BCUT2D eigenvalue weighted by atomic mass is 10.2. The van der Waals surface area contributed by atoms with Crippen LogP contribution >= 0.6 is 11.3 Å². The first-order chi connectivity index (χ1) is 9.65. The number of ether oxygens (including phenoxy) is 1. The van der Waals surface area contributed by atoms with Gasteiger partial charge < -0.3 is 14.6 Å². The van der Waals surface area contributed by atoms with Crippen LogP contribution in [0.5, 0.6) is 0 Å². The van der Waals surface area contributed by atoms with Crippen LogP contribution in [-0.4, -0.2) is 23.6 Å². The molecule has 20 heavy (non-hydrogen) atoms. The second kappa shape index (κ2) is 6.33. The molecule has 0 aromatic carbocycles. The van der Waals surface area contributed by atoms with E-state index in [1.54, 1.807) is 13.0 Å². The Hall–Kier alpha value is -2.15. The number of nitrogens with zero attached hydrogens (tertiary/aromatic N) is 1. The average molecular weight is 294 g/mol. The number of aryl methyl sites for hydroxylation is 1. The molecule has 1 N–H and O–H groups in total. The number of nitrogens with one attached hydrogen (secondary N) is 1. The average Bonchev–Trinajstić information content (AvgIpc) is 3.08. The number of rotatable bonds is 5. The van der Waals surface area contributed by atoms with Gasteiger partial charge in [0.15, 0.2) is 0 Å². The van der Waals surface area contributed by atoms with Gasteiger partial charge in [-0.05, 0) is 19.4 Å². The van der Waals surface area contributed by atoms with Gasteiger partial charge in [-0.1, -0.05) is 12.1 Å². The quantitative estimate of drug-likeness (QED) is 0.857. The largest absolute Gasteiger partial charge is 0.462 e. The molecular weight excluding hydrogens is 280 g/mol. The Balaban J connectivity index is 2.23. The third kappa shape index (κ3) is 3.05. The standard InChI is InChI=1S/C13H14N2O4S/c1-3-8-7-9(13(17)18-4-2)12(20-8)15-11(16)10-5-6-14-19-10/h5-7H,3-4H2,1-2H3,(H,15,16). The van der Waals surface area contributed by atoms with Crippen molar-refractivity contribution in [2.45, 2.75) is 20.3 Å². The number of hydrogen-bond donors (Lipinski definition) is 1. The normalized spacial score (nSPS) is 10.3. The van der Waals surface area contributed by atoms with Crippen molar-refractivity contribution >= 4 is 28.2 Å². The number of esters is 1. The lowest BCUT2D eigenvalue weighted by molar-refractivity contribution is 0.0528. The fourth-order valence-electron chi connectivity index (χ4n) is 1.57. The summed E-state index contributed by atoms with van der Waals surface area (Å²) in [5.74, 6) is -0.805. The van der Waals surface area contributed by atoms with Gasteiger partial charge in [0.1, 0.15) is 5.00 Å². The van der Waals surface area contributed by atoms with Gasteiger partial charge in [0.25, 0.3) is 5.91 Å². The zero-order chi connectivity index (χ0) is 14.5. The predicted octanol–water partition coefficient (Wildman–Crippen LogP) is 2.73. The van der Waals surface area contributed by atoms with Gasteiger partial charge in [0, 0.05) is 10.9 Å². The molecule has 0 saturated heterocycles. The van der Waals surface area contributed by atoms with Gasteiger partial charge in [-0.3, -0.25) is 4.79 Å². The van der Waals surface area contributed by atoms with E-state index >= 15 is 0 Å². The fourth-order valence-corrected chi connectivity index (χ4v) is 2.55. The van der Waals surface area contributed by atoms with Crippen LogP contribution in [0.4, 0.5) is 5.00 Å². The van der Waals surface area contributed by atoms with E-state index in [1.807, 2.05) is 6.92 Å². The highest BCUT2D eigenvalue weighted by Crippen LogP contribution is 2.29. The predicted molar refractivity (Wildman–Crippen MR) is 74.1 cm³/mol. The molecule has 0 aliphatic rings. The first-order valence-electron chi connectivity index (χ1n) is 6.17. The van der Waals surface area contributed by atoms with E-state index < -0.39 is 11.9 Å². The Morgan fingerprint density at radius 3 is 2.85 bits per heavy atom. The van der Waals surface area contributed by atoms with Gasteiger partial charge in [-0.25, -0.2) is 4.79 Å². The van der Waals surface area contributed by atoms with Crippen LogP contribution in [0.2, 0.25) is 0 Å². The summed E-state index contributed by atoms with van der Waals surface area (Å²) in [4.78, 5) is 24.8. The molecular formula is C13H14N2O4S. The second-order valence-electron chi connectivity index (χ2n) is 3.86. The third-order valence-electron chi connectivity index (χ3n) is 2.52. The maximum absolute atomic E-state index is 11.9. The number of thiophene rings is 1. The number of aromatic nitrogens is 1. The van der Waals surface area contributed by atoms with Crippen molar-refractivity contribution in [2.75, 3.05) is 11.9 Å². The van der Waals surface area contributed by atoms with Crippen LogP contribution in [-0.2, 0) is 11.2 Å². The SMILES string of the molecule is CCOC(=O)c1cc(CC)sc1NC(=O)c1ccno1. The molecule has 0 bridgehead atoms. The molecule has 0 unspecified atom stereocenters. The first-order valence-corrected chi connectivity index (χ1v) is 6.99. The maximum atomic E-state index is 11.9. The van der Waals surface area contributed by atoms with Crippen LogP contribution in [0.3, 0.4) is 0 Å². The van der Waals surface area contributed by atoms with E-state index in [4.69, 9.17) is 9.26 Å². The first kappa shape index (κ1) is 14.3. The van der Waals surface area contributed by atoms with Crippen LogP contribution in [0, 0.1) is 0 Å². The third-order valence-corrected chi connectivity index (χ3v) is 3.71. The monoisotopic (exact) mass is 294 g/mol. The van der Waals surface area contributed by atoms with Crippen molar-refractivity contribution < 1.29 is 18.8 Å². The number of amides is 1. The summed E-state index contributed by atoms with van der Waals surface area (Å²) in [6.45, 7) is 3.99. The van der Waals surface area contributed by atoms with Gasteiger partial charge in [-0.2, -0.15) is 0 Å². The maximum Gasteiger partial charge on any atom is 0.341 e. The highest BCUT2D eigenvalue weighted by molar-refractivity contribution is 7.16. The Kier molecular flexibility index (Phi) is 4.52. The highest BCUT2D eigenvalue weighted by atomic mass is 32.1. The lowest BCUT2D eigenvalue weighted by Crippen LogP contribution is -2.13. The van der Waals surface area contributed by atoms with Crippen LogP contribution < -0.4 is 5.32 Å². The molecule has 0 aliphatic heterocycles. The van der Waals surface area contributed by atoms with Gasteiger partial charge >= 0.3 is 5.97 Å². The second-order valence-corrected chi connectivity index (χ2v) is 5.00. The minimum atomic E-state index is -0.448. The molecule has 0 spiro atoms. The number of carbonyl (C=O) groups is 2. The van der Waals surface area contributed by atoms with E-state index in [-0.39, 0.29) is 12.4 Å². The summed E-state index contributed by atoms with van der Waals surface area (Å²) in [5.41, 5.74) is 0.363. The summed E-state index contributed by atoms with van der Waals surface area (Å²) >= 11 is 1.34. The number of hydrogen-bond acceptors (Lipinski definition) is 6. The molecule has 2 aromatic heterocycles. The van der Waals surface area contributed by atoms with E-state index in [0.29, 0.717) is 10.6 Å². The molecule has 1 amide bonds. The van der Waals surface area contributed by atoms with Crippen LogP contribution in [0.1, 0.15) is 39.6 Å². The molecule has 106 valence electrons. The van der Waals surface area contributed by atoms with E-state index in [1.165, 1.54) is 23.6 Å². The van der Waals surface area contributed by atoms with Gasteiger partial charge in [0.05, 0.1) is 18.4 Å². The van der Waals surface area contributed by atoms with Crippen LogP contribution in [0.15, 0.2) is 22.9 Å². The smallest absolute Gasteiger partial charge is 0.341 e. The highest BCUT2D eigenvalue weighted by Gasteiger charge is 2.20. The zero-order valence-electron chi connectivity index (χ0n) is 11.1. The molecule has 2 heterocycles. The summed E-state index contributed by atoms with van der Waals surface area (Å²) in [6, 6.07) is 3.19. The van der Waals surface area contributed by atoms with Crippen molar-refractivity contribution in [3.05, 3.63) is 34.5 Å². The van der Waals surface area contributed by atoms with Gasteiger partial charge in [0.2, 0.25) is 5.76 Å². The fraction of sp³-hybridized carbons (Fsp3) is 0.308. The van der Waals surface area contributed by atoms with E-state index in [0.717, 1.165) is 11.3 Å². The van der Waals surface area contributed by atoms with Crippen molar-refractivity contribution in [1.82, 2.24) is 5.16 Å². The Morgan fingerprint density at radius 1 is 1.45 bits per heavy atom. The molecule has 7 heteroatoms. The Labute approximate surface area is 119 Å². The number of carbonyl (C=O) groups excluding carboxylic acids is 2. The minimum absolute atomic E-state index is 0.0891. The molecule has 0 aliphatic carbocycles. The van der Waals surface area contributed by atoms with Crippen molar-refractivity contribution in [2.24, 2.45) is 0 Å². The molecule has 0 fully saturated rings. The zero-order valence-corrected chi connectivity index (χ0v) is 12.0. The Bertz CT molecular complexity index is 604. The lowest BCUT2D eigenvalue weighted by Gasteiger charge is -2.04. The molecule has 0 atom stereocenters. The summed E-state index contributed by atoms with van der Waals surface area (Å²) in [5, 5.41) is 6.58. The van der Waals surface area contributed by atoms with Crippen molar-refractivity contribution in [1.29, 1.82) is 0 Å². The molecule has 0 radical (unpaired) electrons. The molecule has 0 saturated carbocycles. The van der Waals surface area contributed by atoms with E-state index in [9.17, 15) is 9.59 Å². The van der Waals surface area contributed by atoms with Crippen molar-refractivity contribution in [3.63, 3.8) is 0 Å². The van der Waals surface area contributed by atoms with Gasteiger partial charge in [-0.15, -0.1) is 11.3 Å². The Morgan fingerprint density at radius 2 is 2.25 bits per heavy atom. The van der Waals surface area contributed by atoms with Crippen LogP contribution in [0.25, 0.3) is 0 Å².